The molecule has 0 bridgehead atoms. The Bertz CT molecular complexity index is 869. The molecular formula is C21H18FNO4. The summed E-state index contributed by atoms with van der Waals surface area (Å²) in [6.45, 7) is 0.550. The van der Waals surface area contributed by atoms with Gasteiger partial charge in [-0.1, -0.05) is 12.1 Å². The molecule has 5 nitrogen and oxygen atoms in total. The van der Waals surface area contributed by atoms with Crippen molar-refractivity contribution in [2.75, 3.05) is 13.2 Å². The highest BCUT2D eigenvalue weighted by Crippen LogP contribution is 2.25. The Balaban J connectivity index is 1.48. The lowest BCUT2D eigenvalue weighted by atomic mass is 10.2. The molecule has 1 heterocycles. The summed E-state index contributed by atoms with van der Waals surface area (Å²) in [5.74, 6) is 0.709. The fourth-order valence-electron chi connectivity index (χ4n) is 2.28. The van der Waals surface area contributed by atoms with Crippen LogP contribution in [-0.2, 0) is 4.74 Å². The number of benzene rings is 2. The van der Waals surface area contributed by atoms with E-state index in [1.807, 2.05) is 0 Å². The monoisotopic (exact) mass is 367 g/mol. The van der Waals surface area contributed by atoms with Crippen LogP contribution >= 0.6 is 0 Å². The molecule has 1 aromatic heterocycles. The summed E-state index contributed by atoms with van der Waals surface area (Å²) in [6, 6.07) is 16.1. The largest absolute Gasteiger partial charge is 0.493 e. The lowest BCUT2D eigenvalue weighted by Crippen LogP contribution is -2.10. The topological polar surface area (TPSA) is 57.7 Å². The van der Waals surface area contributed by atoms with Crippen molar-refractivity contribution in [1.82, 2.24) is 4.98 Å². The second kappa shape index (κ2) is 9.33. The van der Waals surface area contributed by atoms with Crippen LogP contribution in [0.1, 0.15) is 16.8 Å². The van der Waals surface area contributed by atoms with Gasteiger partial charge in [0.2, 0.25) is 0 Å². The number of esters is 1. The summed E-state index contributed by atoms with van der Waals surface area (Å²) in [6.07, 6.45) is 3.71. The molecule has 6 heteroatoms. The molecule has 3 aromatic rings. The van der Waals surface area contributed by atoms with Gasteiger partial charge in [0.05, 0.1) is 19.4 Å². The zero-order chi connectivity index (χ0) is 18.9. The normalized spacial score (nSPS) is 10.3. The highest BCUT2D eigenvalue weighted by atomic mass is 19.1. The van der Waals surface area contributed by atoms with E-state index in [1.165, 1.54) is 12.1 Å². The average molecular weight is 367 g/mol. The fraction of sp³-hybridized carbons (Fsp3) is 0.143. The summed E-state index contributed by atoms with van der Waals surface area (Å²) in [4.78, 5) is 16.3. The predicted molar refractivity (Wildman–Crippen MR) is 97.5 cm³/mol. The third-order valence-corrected chi connectivity index (χ3v) is 3.57. The van der Waals surface area contributed by atoms with Gasteiger partial charge in [0.15, 0.2) is 0 Å². The number of carbonyl (C=O) groups is 1. The first-order chi connectivity index (χ1) is 13.2. The molecule has 0 N–H and O–H groups in total. The molecule has 0 unspecified atom stereocenters. The first-order valence-corrected chi connectivity index (χ1v) is 8.45. The molecule has 0 fully saturated rings. The number of aromatic nitrogens is 1. The van der Waals surface area contributed by atoms with E-state index in [-0.39, 0.29) is 12.4 Å². The fourth-order valence-corrected chi connectivity index (χ4v) is 2.28. The van der Waals surface area contributed by atoms with Crippen LogP contribution in [0.2, 0.25) is 0 Å². The Hall–Kier alpha value is -3.41. The minimum Gasteiger partial charge on any atom is -0.493 e. The van der Waals surface area contributed by atoms with Gasteiger partial charge in [-0.15, -0.1) is 0 Å². The van der Waals surface area contributed by atoms with Crippen LogP contribution in [0.5, 0.6) is 17.2 Å². The number of para-hydroxylation sites is 1. The molecule has 2 aromatic carbocycles. The van der Waals surface area contributed by atoms with Crippen molar-refractivity contribution in [3.63, 3.8) is 0 Å². The molecule has 0 aliphatic heterocycles. The summed E-state index contributed by atoms with van der Waals surface area (Å²) < 4.78 is 29.3. The maximum atomic E-state index is 12.8. The second-order valence-corrected chi connectivity index (χ2v) is 5.58. The van der Waals surface area contributed by atoms with Crippen molar-refractivity contribution >= 4 is 5.97 Å². The lowest BCUT2D eigenvalue weighted by Gasteiger charge is -2.11. The maximum Gasteiger partial charge on any atom is 0.341 e. The number of carbonyl (C=O) groups excluding carboxylic acids is 1. The van der Waals surface area contributed by atoms with Gasteiger partial charge < -0.3 is 14.2 Å². The molecular weight excluding hydrogens is 349 g/mol. The highest BCUT2D eigenvalue weighted by molar-refractivity contribution is 5.92. The van der Waals surface area contributed by atoms with E-state index >= 15 is 0 Å². The second-order valence-electron chi connectivity index (χ2n) is 5.58. The number of hydrogen-bond acceptors (Lipinski definition) is 5. The number of hydrogen-bond donors (Lipinski definition) is 0. The van der Waals surface area contributed by atoms with E-state index in [0.717, 1.165) is 0 Å². The SMILES string of the molecule is O=C(OCCCOc1ccc(F)cc1)c1ccccc1Oc1cccnc1. The standard InChI is InChI=1S/C21H18FNO4/c22-16-8-10-17(11-9-16)25-13-4-14-26-21(24)19-6-1-2-7-20(19)27-18-5-3-12-23-15-18/h1-3,5-12,15H,4,13-14H2. The molecule has 0 aliphatic rings. The Kier molecular flexibility index (Phi) is 6.35. The van der Waals surface area contributed by atoms with E-state index in [9.17, 15) is 9.18 Å². The Morgan fingerprint density at radius 1 is 0.926 bits per heavy atom. The van der Waals surface area contributed by atoms with Gasteiger partial charge in [-0.2, -0.15) is 0 Å². The Morgan fingerprint density at radius 3 is 2.52 bits per heavy atom. The van der Waals surface area contributed by atoms with Crippen molar-refractivity contribution in [3.05, 3.63) is 84.4 Å². The van der Waals surface area contributed by atoms with Crippen LogP contribution in [0.3, 0.4) is 0 Å². The van der Waals surface area contributed by atoms with Gasteiger partial charge in [-0.3, -0.25) is 4.98 Å². The lowest BCUT2D eigenvalue weighted by molar-refractivity contribution is 0.0483. The zero-order valence-electron chi connectivity index (χ0n) is 14.5. The molecule has 3 rings (SSSR count). The van der Waals surface area contributed by atoms with Crippen LogP contribution < -0.4 is 9.47 Å². The first kappa shape index (κ1) is 18.4. The van der Waals surface area contributed by atoms with Gasteiger partial charge >= 0.3 is 5.97 Å². The van der Waals surface area contributed by atoms with Crippen molar-refractivity contribution in [2.24, 2.45) is 0 Å². The molecule has 0 amide bonds. The molecule has 0 saturated carbocycles. The molecule has 0 radical (unpaired) electrons. The third kappa shape index (κ3) is 5.54. The molecule has 138 valence electrons. The van der Waals surface area contributed by atoms with Gasteiger partial charge in [0, 0.05) is 12.6 Å². The minimum absolute atomic E-state index is 0.196. The van der Waals surface area contributed by atoms with Crippen molar-refractivity contribution in [1.29, 1.82) is 0 Å². The highest BCUT2D eigenvalue weighted by Gasteiger charge is 2.14. The summed E-state index contributed by atoms with van der Waals surface area (Å²) in [5, 5.41) is 0. The summed E-state index contributed by atoms with van der Waals surface area (Å²) >= 11 is 0. The zero-order valence-corrected chi connectivity index (χ0v) is 14.5. The number of rotatable bonds is 8. The minimum atomic E-state index is -0.476. The third-order valence-electron chi connectivity index (χ3n) is 3.57. The Labute approximate surface area is 156 Å². The van der Waals surface area contributed by atoms with Gasteiger partial charge in [0.25, 0.3) is 0 Å². The molecule has 0 atom stereocenters. The van der Waals surface area contributed by atoms with Crippen molar-refractivity contribution in [3.8, 4) is 17.2 Å². The van der Waals surface area contributed by atoms with E-state index in [2.05, 4.69) is 4.98 Å². The van der Waals surface area contributed by atoms with E-state index in [4.69, 9.17) is 14.2 Å². The number of pyridine rings is 1. The maximum absolute atomic E-state index is 12.8. The van der Waals surface area contributed by atoms with E-state index in [0.29, 0.717) is 35.8 Å². The van der Waals surface area contributed by atoms with Crippen LogP contribution in [0.15, 0.2) is 73.1 Å². The number of halogens is 1. The summed E-state index contributed by atoms with van der Waals surface area (Å²) in [7, 11) is 0. The Morgan fingerprint density at radius 2 is 1.74 bits per heavy atom. The molecule has 0 aliphatic carbocycles. The van der Waals surface area contributed by atoms with E-state index in [1.54, 1.807) is 60.9 Å². The van der Waals surface area contributed by atoms with Crippen LogP contribution in [0.25, 0.3) is 0 Å². The molecule has 27 heavy (non-hydrogen) atoms. The van der Waals surface area contributed by atoms with Crippen LogP contribution in [-0.4, -0.2) is 24.2 Å². The number of ether oxygens (including phenoxy) is 3. The van der Waals surface area contributed by atoms with Gasteiger partial charge in [-0.25, -0.2) is 9.18 Å². The summed E-state index contributed by atoms with van der Waals surface area (Å²) in [5.41, 5.74) is 0.334. The predicted octanol–water partition coefficient (Wildman–Crippen LogP) is 4.64. The van der Waals surface area contributed by atoms with Crippen molar-refractivity contribution in [2.45, 2.75) is 6.42 Å². The number of nitrogens with zero attached hydrogens (tertiary/aromatic N) is 1. The van der Waals surface area contributed by atoms with Gasteiger partial charge in [0.1, 0.15) is 28.6 Å². The smallest absolute Gasteiger partial charge is 0.341 e. The average Bonchev–Trinajstić information content (AvgIpc) is 2.70. The van der Waals surface area contributed by atoms with Crippen molar-refractivity contribution < 1.29 is 23.4 Å². The van der Waals surface area contributed by atoms with Crippen LogP contribution in [0, 0.1) is 5.82 Å². The first-order valence-electron chi connectivity index (χ1n) is 8.45. The van der Waals surface area contributed by atoms with E-state index < -0.39 is 5.97 Å². The molecule has 0 spiro atoms. The van der Waals surface area contributed by atoms with Gasteiger partial charge in [-0.05, 0) is 48.5 Å². The quantitative estimate of drug-likeness (QED) is 0.429. The van der Waals surface area contributed by atoms with Crippen LogP contribution in [0.4, 0.5) is 4.39 Å². The molecule has 0 saturated heterocycles.